The van der Waals surface area contributed by atoms with E-state index in [1.807, 2.05) is 26.0 Å². The molecule has 0 aromatic carbocycles. The molecule has 2 saturated carbocycles. The molecule has 8 nitrogen and oxygen atoms in total. The maximum atomic E-state index is 14.3. The van der Waals surface area contributed by atoms with Gasteiger partial charge in [-0.3, -0.25) is 9.59 Å². The van der Waals surface area contributed by atoms with Crippen LogP contribution in [0, 0.1) is 34.0 Å². The first-order valence-corrected chi connectivity index (χ1v) is 13.7. The third-order valence-corrected chi connectivity index (χ3v) is 10.5. The second-order valence-corrected chi connectivity index (χ2v) is 12.5. The van der Waals surface area contributed by atoms with Crippen LogP contribution in [0.3, 0.4) is 0 Å². The molecule has 3 heterocycles. The van der Waals surface area contributed by atoms with Crippen LogP contribution in [0.5, 0.6) is 0 Å². The smallest absolute Gasteiger partial charge is 0.333 e. The number of esters is 3. The maximum absolute atomic E-state index is 14.3. The van der Waals surface area contributed by atoms with Crippen LogP contribution in [0.25, 0.3) is 0 Å². The van der Waals surface area contributed by atoms with Gasteiger partial charge in [-0.05, 0) is 55.7 Å². The van der Waals surface area contributed by atoms with Crippen molar-refractivity contribution in [3.05, 3.63) is 59.1 Å². The van der Waals surface area contributed by atoms with Crippen LogP contribution in [0.4, 0.5) is 0 Å². The quantitative estimate of drug-likeness (QED) is 0.309. The Kier molecular flexibility index (Phi) is 5.66. The summed E-state index contributed by atoms with van der Waals surface area (Å²) in [6.07, 6.45) is 8.43. The lowest BCUT2D eigenvalue weighted by Gasteiger charge is -2.63. The minimum atomic E-state index is -0.893. The largest absolute Gasteiger partial charge is 0.472 e. The number of rotatable bonds is 3. The lowest BCUT2D eigenvalue weighted by Crippen LogP contribution is -2.69. The van der Waals surface area contributed by atoms with E-state index in [2.05, 4.69) is 6.92 Å². The van der Waals surface area contributed by atoms with E-state index in [1.165, 1.54) is 0 Å². The van der Waals surface area contributed by atoms with Gasteiger partial charge in [-0.25, -0.2) is 9.59 Å². The molecular formula is C31H34O8. The van der Waals surface area contributed by atoms with Crippen LogP contribution in [0.1, 0.15) is 65.5 Å². The SMILES string of the molecule is CC=C(C)C(=O)O[C@@H]1[C@H]2C=C3C4=CC(=O)O[C@@H](c5ccoc5)[C@]4(C)CC[C@@H]3[C@@](C)(C2=O)[C@H]2CC(=O)OC[C@]12C. The maximum Gasteiger partial charge on any atom is 0.333 e. The Morgan fingerprint density at radius 3 is 2.64 bits per heavy atom. The number of fused-ring (bicyclic) bond motifs is 8. The van der Waals surface area contributed by atoms with Crippen molar-refractivity contribution in [2.24, 2.45) is 34.0 Å². The van der Waals surface area contributed by atoms with Gasteiger partial charge < -0.3 is 18.6 Å². The van der Waals surface area contributed by atoms with E-state index in [0.29, 0.717) is 18.4 Å². The summed E-state index contributed by atoms with van der Waals surface area (Å²) in [6.45, 7) is 9.54. The zero-order chi connectivity index (χ0) is 27.9. The number of ether oxygens (including phenoxy) is 3. The molecule has 8 heteroatoms. The van der Waals surface area contributed by atoms with E-state index < -0.39 is 52.2 Å². The van der Waals surface area contributed by atoms with Crippen LogP contribution in [0.15, 0.2) is 58.0 Å². The number of carbonyl (C=O) groups is 4. The highest BCUT2D eigenvalue weighted by Gasteiger charge is 2.70. The highest BCUT2D eigenvalue weighted by Crippen LogP contribution is 2.68. The number of cyclic esters (lactones) is 2. The van der Waals surface area contributed by atoms with Gasteiger partial charge in [0.15, 0.2) is 0 Å². The lowest BCUT2D eigenvalue weighted by atomic mass is 9.41. The van der Waals surface area contributed by atoms with Gasteiger partial charge in [0.25, 0.3) is 0 Å². The van der Waals surface area contributed by atoms with Crippen LogP contribution >= 0.6 is 0 Å². The van der Waals surface area contributed by atoms with Crippen LogP contribution in [0.2, 0.25) is 0 Å². The van der Waals surface area contributed by atoms with Crippen molar-refractivity contribution in [2.75, 3.05) is 6.61 Å². The molecule has 8 atom stereocenters. The molecular weight excluding hydrogens is 500 g/mol. The Labute approximate surface area is 227 Å². The van der Waals surface area contributed by atoms with E-state index >= 15 is 0 Å². The molecule has 1 aromatic heterocycles. The Balaban J connectivity index is 1.52. The molecule has 39 heavy (non-hydrogen) atoms. The van der Waals surface area contributed by atoms with E-state index in [0.717, 1.165) is 16.7 Å². The average Bonchev–Trinajstić information content (AvgIpc) is 3.44. The summed E-state index contributed by atoms with van der Waals surface area (Å²) in [5, 5.41) is 0. The molecule has 1 aromatic rings. The Morgan fingerprint density at radius 2 is 1.95 bits per heavy atom. The number of ketones is 1. The number of Topliss-reactive ketones (excluding diaryl/α,β-unsaturated/α-hetero) is 1. The predicted octanol–water partition coefficient (Wildman–Crippen LogP) is 4.81. The predicted molar refractivity (Wildman–Crippen MR) is 138 cm³/mol. The fraction of sp³-hybridized carbons (Fsp3) is 0.548. The van der Waals surface area contributed by atoms with Crippen molar-refractivity contribution in [3.8, 4) is 0 Å². The van der Waals surface area contributed by atoms with E-state index in [4.69, 9.17) is 18.6 Å². The van der Waals surface area contributed by atoms with E-state index in [-0.39, 0.29) is 30.7 Å². The first-order valence-electron chi connectivity index (χ1n) is 13.7. The molecule has 1 saturated heterocycles. The Bertz CT molecular complexity index is 1360. The van der Waals surface area contributed by atoms with Crippen molar-refractivity contribution in [1.29, 1.82) is 0 Å². The summed E-state index contributed by atoms with van der Waals surface area (Å²) in [5.74, 6) is -2.62. The van der Waals surface area contributed by atoms with Crippen molar-refractivity contribution >= 4 is 23.7 Å². The number of furan rings is 1. The first kappa shape index (κ1) is 25.8. The highest BCUT2D eigenvalue weighted by molar-refractivity contribution is 5.96. The van der Waals surface area contributed by atoms with E-state index in [1.54, 1.807) is 38.5 Å². The summed E-state index contributed by atoms with van der Waals surface area (Å²) in [4.78, 5) is 53.0. The second-order valence-electron chi connectivity index (χ2n) is 12.5. The van der Waals surface area contributed by atoms with Gasteiger partial charge in [0.2, 0.25) is 0 Å². The first-order chi connectivity index (χ1) is 18.4. The molecule has 0 amide bonds. The van der Waals surface area contributed by atoms with Gasteiger partial charge in [0, 0.05) is 33.5 Å². The third-order valence-electron chi connectivity index (χ3n) is 10.5. The van der Waals surface area contributed by atoms with Gasteiger partial charge in [-0.15, -0.1) is 0 Å². The average molecular weight is 535 g/mol. The number of allylic oxidation sites excluding steroid dienone is 2. The normalized spacial score (nSPS) is 41.2. The van der Waals surface area contributed by atoms with Gasteiger partial charge in [-0.1, -0.05) is 32.9 Å². The van der Waals surface area contributed by atoms with E-state index in [9.17, 15) is 19.2 Å². The van der Waals surface area contributed by atoms with Crippen molar-refractivity contribution in [3.63, 3.8) is 0 Å². The molecule has 3 fully saturated rings. The topological polar surface area (TPSA) is 109 Å². The summed E-state index contributed by atoms with van der Waals surface area (Å²) >= 11 is 0. The molecule has 0 unspecified atom stereocenters. The third kappa shape index (κ3) is 3.42. The fourth-order valence-corrected chi connectivity index (χ4v) is 8.22. The van der Waals surface area contributed by atoms with Crippen molar-refractivity contribution < 1.29 is 37.8 Å². The number of hydrogen-bond donors (Lipinski definition) is 0. The zero-order valence-electron chi connectivity index (χ0n) is 22.9. The summed E-state index contributed by atoms with van der Waals surface area (Å²) < 4.78 is 22.8. The minimum Gasteiger partial charge on any atom is -0.472 e. The van der Waals surface area contributed by atoms with Crippen molar-refractivity contribution in [1.82, 2.24) is 0 Å². The van der Waals surface area contributed by atoms with Gasteiger partial charge >= 0.3 is 17.9 Å². The highest BCUT2D eigenvalue weighted by atomic mass is 16.6. The molecule has 0 spiro atoms. The summed E-state index contributed by atoms with van der Waals surface area (Å²) in [6, 6.07) is 1.81. The standard InChI is InChI=1S/C31H34O8/c1-6-16(2)28(35)39-27-19-11-18-20(31(5,25(19)34)22-13-23(32)37-15-30(22,27)4)7-9-29(3)21(18)12-24(33)38-26(29)17-8-10-36-14-17/h6,8,10-12,14,19-20,22,26-27H,7,9,13,15H2,1-5H3/t19-,20-,22-,26-,27+,29+,30-,31+/m0/s1. The van der Waals surface area contributed by atoms with Crippen LogP contribution in [-0.4, -0.2) is 36.4 Å². The monoisotopic (exact) mass is 534 g/mol. The Hall–Kier alpha value is -3.42. The minimum absolute atomic E-state index is 0.0154. The zero-order valence-corrected chi connectivity index (χ0v) is 22.9. The molecule has 2 bridgehead atoms. The molecule has 5 aliphatic rings. The lowest BCUT2D eigenvalue weighted by molar-refractivity contribution is -0.214. The summed E-state index contributed by atoms with van der Waals surface area (Å²) in [5.41, 5.74) is 0.824. The molecule has 206 valence electrons. The second kappa shape index (κ2) is 8.54. The van der Waals surface area contributed by atoms with Crippen LogP contribution < -0.4 is 0 Å². The molecule has 6 rings (SSSR count). The van der Waals surface area contributed by atoms with Gasteiger partial charge in [-0.2, -0.15) is 0 Å². The van der Waals surface area contributed by atoms with Crippen LogP contribution in [-0.2, 0) is 33.4 Å². The molecule has 2 aliphatic heterocycles. The fourth-order valence-electron chi connectivity index (χ4n) is 8.22. The van der Waals surface area contributed by atoms with Gasteiger partial charge in [0.1, 0.15) is 24.6 Å². The van der Waals surface area contributed by atoms with Gasteiger partial charge in [0.05, 0.1) is 24.9 Å². The number of carbonyl (C=O) groups excluding carboxylic acids is 4. The number of hydrogen-bond acceptors (Lipinski definition) is 8. The molecule has 3 aliphatic carbocycles. The summed E-state index contributed by atoms with van der Waals surface area (Å²) in [7, 11) is 0. The molecule has 0 radical (unpaired) electrons. The molecule has 0 N–H and O–H groups in total. The van der Waals surface area contributed by atoms with Crippen molar-refractivity contribution in [2.45, 2.75) is 66.1 Å². The Morgan fingerprint density at radius 1 is 1.18 bits per heavy atom.